The van der Waals surface area contributed by atoms with E-state index in [0.717, 1.165) is 10.6 Å². The second-order valence-electron chi connectivity index (χ2n) is 4.71. The van der Waals surface area contributed by atoms with Gasteiger partial charge in [0, 0.05) is 28.0 Å². The van der Waals surface area contributed by atoms with Gasteiger partial charge in [-0.2, -0.15) is 0 Å². The van der Waals surface area contributed by atoms with Crippen LogP contribution < -0.4 is 11.2 Å². The van der Waals surface area contributed by atoms with Gasteiger partial charge in [-0.3, -0.25) is 9.36 Å². The third-order valence-corrected chi connectivity index (χ3v) is 5.26. The number of hydrogen-bond donors (Lipinski definition) is 0. The Bertz CT molecular complexity index is 499. The van der Waals surface area contributed by atoms with E-state index < -0.39 is 8.80 Å². The van der Waals surface area contributed by atoms with Crippen LogP contribution in [-0.4, -0.2) is 24.5 Å². The van der Waals surface area contributed by atoms with Crippen LogP contribution in [0.3, 0.4) is 0 Å². The molecule has 7 heteroatoms. The SMILES string of the molecule is Cc1c(Br)n(C)c(=O)n(COCC[SiH](C)C)c1=O. The summed E-state index contributed by atoms with van der Waals surface area (Å²) >= 11 is 3.23. The van der Waals surface area contributed by atoms with Crippen LogP contribution in [0.2, 0.25) is 19.1 Å². The van der Waals surface area contributed by atoms with Gasteiger partial charge in [0.15, 0.2) is 0 Å². The summed E-state index contributed by atoms with van der Waals surface area (Å²) in [6.07, 6.45) is 0. The van der Waals surface area contributed by atoms with Gasteiger partial charge in [0.2, 0.25) is 0 Å². The molecule has 0 aromatic carbocycles. The highest BCUT2D eigenvalue weighted by atomic mass is 79.9. The molecule has 0 aliphatic heterocycles. The topological polar surface area (TPSA) is 53.2 Å². The van der Waals surface area contributed by atoms with E-state index in [2.05, 4.69) is 29.0 Å². The summed E-state index contributed by atoms with van der Waals surface area (Å²) in [6.45, 7) is 6.79. The minimum Gasteiger partial charge on any atom is -0.361 e. The quantitative estimate of drug-likeness (QED) is 0.460. The molecule has 0 aliphatic rings. The Morgan fingerprint density at radius 2 is 1.94 bits per heavy atom. The standard InChI is InChI=1S/C11H19BrN2O3Si/c1-8-9(12)13(2)11(16)14(10(8)15)7-17-5-6-18(3)4/h18H,5-7H2,1-4H3. The summed E-state index contributed by atoms with van der Waals surface area (Å²) in [4.78, 5) is 23.9. The van der Waals surface area contributed by atoms with Crippen LogP contribution >= 0.6 is 15.9 Å². The van der Waals surface area contributed by atoms with Crippen LogP contribution in [-0.2, 0) is 18.5 Å². The molecule has 0 aliphatic carbocycles. The van der Waals surface area contributed by atoms with Gasteiger partial charge in [-0.1, -0.05) is 13.1 Å². The number of halogens is 1. The average molecular weight is 335 g/mol. The number of rotatable bonds is 5. The first-order chi connectivity index (χ1) is 8.36. The maximum Gasteiger partial charge on any atom is 0.333 e. The average Bonchev–Trinajstić information content (AvgIpc) is 2.32. The summed E-state index contributed by atoms with van der Waals surface area (Å²) in [5, 5.41) is 0. The smallest absolute Gasteiger partial charge is 0.333 e. The molecule has 0 spiro atoms. The molecular formula is C11H19BrN2O3Si. The molecule has 0 unspecified atom stereocenters. The Kier molecular flexibility index (Phi) is 5.55. The maximum atomic E-state index is 11.9. The highest BCUT2D eigenvalue weighted by Gasteiger charge is 2.11. The predicted octanol–water partition coefficient (Wildman–Crippen LogP) is 1.08. The van der Waals surface area contributed by atoms with Crippen molar-refractivity contribution < 1.29 is 4.74 Å². The first-order valence-corrected chi connectivity index (χ1v) is 9.81. The van der Waals surface area contributed by atoms with Crippen LogP contribution in [0.25, 0.3) is 0 Å². The van der Waals surface area contributed by atoms with E-state index in [1.54, 1.807) is 14.0 Å². The number of aromatic nitrogens is 2. The van der Waals surface area contributed by atoms with Crippen molar-refractivity contribution in [3.8, 4) is 0 Å². The molecule has 1 aromatic heterocycles. The van der Waals surface area contributed by atoms with E-state index >= 15 is 0 Å². The van der Waals surface area contributed by atoms with E-state index in [4.69, 9.17) is 4.74 Å². The van der Waals surface area contributed by atoms with E-state index in [1.165, 1.54) is 4.57 Å². The molecule has 0 saturated heterocycles. The summed E-state index contributed by atoms with van der Waals surface area (Å²) in [7, 11) is 0.970. The largest absolute Gasteiger partial charge is 0.361 e. The third-order valence-electron chi connectivity index (χ3n) is 2.75. The van der Waals surface area contributed by atoms with Crippen LogP contribution in [0.1, 0.15) is 5.56 Å². The Hall–Kier alpha value is -0.663. The van der Waals surface area contributed by atoms with Crippen molar-refractivity contribution in [1.82, 2.24) is 9.13 Å². The molecule has 0 atom stereocenters. The van der Waals surface area contributed by atoms with E-state index in [9.17, 15) is 9.59 Å². The number of hydrogen-bond acceptors (Lipinski definition) is 3. The molecule has 1 heterocycles. The highest BCUT2D eigenvalue weighted by molar-refractivity contribution is 9.10. The van der Waals surface area contributed by atoms with Gasteiger partial charge >= 0.3 is 5.69 Å². The molecule has 1 rings (SSSR count). The molecule has 0 fully saturated rings. The van der Waals surface area contributed by atoms with Crippen molar-refractivity contribution in [3.63, 3.8) is 0 Å². The minimum atomic E-state index is -0.652. The summed E-state index contributed by atoms with van der Waals surface area (Å²) in [6, 6.07) is 1.05. The van der Waals surface area contributed by atoms with Crippen LogP contribution in [0.5, 0.6) is 0 Å². The molecule has 1 aromatic rings. The number of ether oxygens (including phenoxy) is 1. The molecule has 0 bridgehead atoms. The van der Waals surface area contributed by atoms with Gasteiger partial charge in [-0.05, 0) is 28.9 Å². The van der Waals surface area contributed by atoms with Gasteiger partial charge in [0.25, 0.3) is 5.56 Å². The second-order valence-corrected chi connectivity index (χ2v) is 8.83. The van der Waals surface area contributed by atoms with Crippen molar-refractivity contribution in [2.24, 2.45) is 7.05 Å². The van der Waals surface area contributed by atoms with Crippen LogP contribution in [0.4, 0.5) is 0 Å². The van der Waals surface area contributed by atoms with E-state index in [1.807, 2.05) is 0 Å². The van der Waals surface area contributed by atoms with Gasteiger partial charge in [0.1, 0.15) is 6.73 Å². The lowest BCUT2D eigenvalue weighted by molar-refractivity contribution is 0.0806. The third kappa shape index (κ3) is 3.43. The zero-order valence-electron chi connectivity index (χ0n) is 11.2. The predicted molar refractivity (Wildman–Crippen MR) is 78.0 cm³/mol. The van der Waals surface area contributed by atoms with Crippen molar-refractivity contribution >= 4 is 24.7 Å². The second kappa shape index (κ2) is 6.49. The zero-order chi connectivity index (χ0) is 13.9. The Morgan fingerprint density at radius 3 is 2.50 bits per heavy atom. The van der Waals surface area contributed by atoms with Gasteiger partial charge in [-0.25, -0.2) is 9.36 Å². The van der Waals surface area contributed by atoms with Gasteiger partial charge in [-0.15, -0.1) is 0 Å². The molecule has 0 saturated carbocycles. The van der Waals surface area contributed by atoms with Gasteiger partial charge in [0.05, 0.1) is 4.60 Å². The molecule has 0 N–H and O–H groups in total. The fourth-order valence-electron chi connectivity index (χ4n) is 1.48. The Balaban J connectivity index is 2.91. The van der Waals surface area contributed by atoms with Crippen LogP contribution in [0, 0.1) is 6.92 Å². The molecule has 0 amide bonds. The lowest BCUT2D eigenvalue weighted by Gasteiger charge is -2.11. The molecule has 18 heavy (non-hydrogen) atoms. The zero-order valence-corrected chi connectivity index (χ0v) is 13.9. The lowest BCUT2D eigenvalue weighted by atomic mass is 10.4. The van der Waals surface area contributed by atoms with E-state index in [0.29, 0.717) is 16.8 Å². The van der Waals surface area contributed by atoms with Crippen molar-refractivity contribution in [1.29, 1.82) is 0 Å². The van der Waals surface area contributed by atoms with Crippen LogP contribution in [0.15, 0.2) is 14.2 Å². The fourth-order valence-corrected chi connectivity index (χ4v) is 2.44. The summed E-state index contributed by atoms with van der Waals surface area (Å²) in [5.41, 5.74) is -0.148. The van der Waals surface area contributed by atoms with Crippen molar-refractivity contribution in [3.05, 3.63) is 31.0 Å². The minimum absolute atomic E-state index is 0.0285. The first kappa shape index (κ1) is 15.4. The fraction of sp³-hybridized carbons (Fsp3) is 0.636. The Labute approximate surface area is 116 Å². The van der Waals surface area contributed by atoms with E-state index in [-0.39, 0.29) is 18.0 Å². The Morgan fingerprint density at radius 1 is 1.33 bits per heavy atom. The summed E-state index contributed by atoms with van der Waals surface area (Å²) < 4.78 is 8.46. The number of nitrogens with zero attached hydrogens (tertiary/aromatic N) is 2. The van der Waals surface area contributed by atoms with Crippen molar-refractivity contribution in [2.75, 3.05) is 6.61 Å². The maximum absolute atomic E-state index is 11.9. The lowest BCUT2D eigenvalue weighted by Crippen LogP contribution is -2.41. The molecule has 5 nitrogen and oxygen atoms in total. The molecular weight excluding hydrogens is 316 g/mol. The monoisotopic (exact) mass is 334 g/mol. The first-order valence-electron chi connectivity index (χ1n) is 5.90. The summed E-state index contributed by atoms with van der Waals surface area (Å²) in [5.74, 6) is 0. The highest BCUT2D eigenvalue weighted by Crippen LogP contribution is 2.07. The molecule has 0 radical (unpaired) electrons. The normalized spacial score (nSPS) is 11.2. The van der Waals surface area contributed by atoms with Gasteiger partial charge < -0.3 is 4.74 Å². The molecule has 102 valence electrons. The van der Waals surface area contributed by atoms with Crippen molar-refractivity contribution in [2.45, 2.75) is 32.8 Å².